The second-order valence-electron chi connectivity index (χ2n) is 2.09. The van der Waals surface area contributed by atoms with Gasteiger partial charge >= 0.3 is 0 Å². The van der Waals surface area contributed by atoms with Gasteiger partial charge in [0.15, 0.2) is 11.6 Å². The Hall–Kier alpha value is -0.480. The van der Waals surface area contributed by atoms with Gasteiger partial charge in [0, 0.05) is 12.0 Å². The Labute approximate surface area is 63.9 Å². The van der Waals surface area contributed by atoms with E-state index in [1.54, 1.807) is 11.3 Å². The van der Waals surface area contributed by atoms with Crippen LogP contribution in [0.3, 0.4) is 0 Å². The van der Waals surface area contributed by atoms with Gasteiger partial charge in [-0.3, -0.25) is 0 Å². The summed E-state index contributed by atoms with van der Waals surface area (Å²) in [5.74, 6) is 0. The Balaban J connectivity index is 2.81. The number of rotatable bonds is 2. The zero-order valence-electron chi connectivity index (χ0n) is 6.16. The molecule has 56 valence electrons. The standard InChI is InChI=1S/C6H11N2OS/c1-5-7-8(3-4-9)6(2)10-5/h9H,3-4H2,1-2H3/q+1. The van der Waals surface area contributed by atoms with Crippen molar-refractivity contribution >= 4 is 11.3 Å². The van der Waals surface area contributed by atoms with Crippen LogP contribution in [0.1, 0.15) is 10.0 Å². The highest BCUT2D eigenvalue weighted by Crippen LogP contribution is 2.03. The van der Waals surface area contributed by atoms with E-state index in [0.29, 0.717) is 6.54 Å². The minimum absolute atomic E-state index is 0.161. The molecule has 0 saturated heterocycles. The zero-order valence-corrected chi connectivity index (χ0v) is 6.98. The largest absolute Gasteiger partial charge is 0.390 e. The number of nitrogens with zero attached hydrogens (tertiary/aromatic N) is 2. The topological polar surface area (TPSA) is 37.0 Å². The molecule has 0 saturated carbocycles. The first-order chi connectivity index (χ1) is 4.74. The van der Waals surface area contributed by atoms with E-state index in [2.05, 4.69) is 5.10 Å². The summed E-state index contributed by atoms with van der Waals surface area (Å²) >= 11 is 1.65. The molecule has 1 heterocycles. The fourth-order valence-electron chi connectivity index (χ4n) is 0.829. The molecule has 0 aliphatic carbocycles. The Morgan fingerprint density at radius 2 is 2.30 bits per heavy atom. The summed E-state index contributed by atoms with van der Waals surface area (Å²) in [6.07, 6.45) is 0. The van der Waals surface area contributed by atoms with Crippen molar-refractivity contribution in [3.05, 3.63) is 10.0 Å². The van der Waals surface area contributed by atoms with Crippen molar-refractivity contribution in [1.82, 2.24) is 5.10 Å². The molecule has 1 aromatic rings. The maximum atomic E-state index is 8.60. The fourth-order valence-corrected chi connectivity index (χ4v) is 1.63. The molecule has 0 amide bonds. The number of hydrogen-bond acceptors (Lipinski definition) is 3. The molecule has 0 fully saturated rings. The predicted octanol–water partition coefficient (Wildman–Crippen LogP) is 0.0397. The molecular formula is C6H11N2OS+. The number of aliphatic hydroxyl groups excluding tert-OH is 1. The van der Waals surface area contributed by atoms with E-state index in [4.69, 9.17) is 5.11 Å². The molecule has 0 unspecified atom stereocenters. The van der Waals surface area contributed by atoms with Crippen molar-refractivity contribution in [2.75, 3.05) is 6.61 Å². The van der Waals surface area contributed by atoms with Gasteiger partial charge in [0.05, 0.1) is 0 Å². The number of aryl methyl sites for hydroxylation is 2. The van der Waals surface area contributed by atoms with Crippen molar-refractivity contribution in [1.29, 1.82) is 0 Å². The van der Waals surface area contributed by atoms with E-state index in [1.807, 2.05) is 18.5 Å². The van der Waals surface area contributed by atoms with Gasteiger partial charge in [0.2, 0.25) is 0 Å². The van der Waals surface area contributed by atoms with Crippen LogP contribution in [0, 0.1) is 13.8 Å². The summed E-state index contributed by atoms with van der Waals surface area (Å²) in [6.45, 7) is 4.73. The van der Waals surface area contributed by atoms with Crippen LogP contribution >= 0.6 is 11.3 Å². The van der Waals surface area contributed by atoms with Crippen LogP contribution in [0.15, 0.2) is 0 Å². The molecule has 1 rings (SSSR count). The highest BCUT2D eigenvalue weighted by molar-refractivity contribution is 7.10. The molecule has 0 spiro atoms. The molecule has 0 aliphatic heterocycles. The summed E-state index contributed by atoms with van der Waals surface area (Å²) in [6, 6.07) is 0. The highest BCUT2D eigenvalue weighted by Gasteiger charge is 2.10. The number of aliphatic hydroxyl groups is 1. The summed E-state index contributed by atoms with van der Waals surface area (Å²) < 4.78 is 1.82. The van der Waals surface area contributed by atoms with Crippen molar-refractivity contribution in [3.63, 3.8) is 0 Å². The van der Waals surface area contributed by atoms with Crippen LogP contribution in [0.2, 0.25) is 0 Å². The quantitative estimate of drug-likeness (QED) is 0.619. The Morgan fingerprint density at radius 3 is 2.70 bits per heavy atom. The third-order valence-electron chi connectivity index (χ3n) is 1.23. The van der Waals surface area contributed by atoms with Crippen molar-refractivity contribution in [3.8, 4) is 0 Å². The molecule has 0 aliphatic rings. The Morgan fingerprint density at radius 1 is 1.60 bits per heavy atom. The lowest BCUT2D eigenvalue weighted by Crippen LogP contribution is -2.39. The monoisotopic (exact) mass is 159 g/mol. The maximum absolute atomic E-state index is 8.60. The van der Waals surface area contributed by atoms with Gasteiger partial charge in [0.1, 0.15) is 6.61 Å². The van der Waals surface area contributed by atoms with E-state index in [9.17, 15) is 0 Å². The average molecular weight is 159 g/mol. The zero-order chi connectivity index (χ0) is 7.56. The lowest BCUT2D eigenvalue weighted by atomic mass is 10.7. The second kappa shape index (κ2) is 3.07. The molecule has 10 heavy (non-hydrogen) atoms. The molecular weight excluding hydrogens is 148 g/mol. The molecule has 4 heteroatoms. The first-order valence-electron chi connectivity index (χ1n) is 3.19. The van der Waals surface area contributed by atoms with Crippen molar-refractivity contribution in [2.45, 2.75) is 20.4 Å². The summed E-state index contributed by atoms with van der Waals surface area (Å²) in [7, 11) is 0. The normalized spacial score (nSPS) is 10.3. The molecule has 1 aromatic heterocycles. The lowest BCUT2D eigenvalue weighted by Gasteiger charge is -1.83. The fraction of sp³-hybridized carbons (Fsp3) is 0.667. The first kappa shape index (κ1) is 7.63. The first-order valence-corrected chi connectivity index (χ1v) is 4.00. The van der Waals surface area contributed by atoms with E-state index in [1.165, 1.54) is 0 Å². The molecule has 3 nitrogen and oxygen atoms in total. The van der Waals surface area contributed by atoms with E-state index in [-0.39, 0.29) is 6.61 Å². The third-order valence-corrected chi connectivity index (χ3v) is 2.12. The Kier molecular flexibility index (Phi) is 2.34. The van der Waals surface area contributed by atoms with Crippen LogP contribution in [-0.2, 0) is 6.54 Å². The van der Waals surface area contributed by atoms with Crippen LogP contribution in [0.5, 0.6) is 0 Å². The summed E-state index contributed by atoms with van der Waals surface area (Å²) in [5.41, 5.74) is 0. The smallest absolute Gasteiger partial charge is 0.262 e. The van der Waals surface area contributed by atoms with Crippen LogP contribution < -0.4 is 4.68 Å². The SMILES string of the molecule is Cc1n[n+](CCO)c(C)s1. The maximum Gasteiger partial charge on any atom is 0.262 e. The molecule has 0 bridgehead atoms. The minimum Gasteiger partial charge on any atom is -0.390 e. The van der Waals surface area contributed by atoms with Gasteiger partial charge in [-0.15, -0.1) is 0 Å². The van der Waals surface area contributed by atoms with Gasteiger partial charge in [-0.05, 0) is 6.92 Å². The molecule has 0 aromatic carbocycles. The number of hydrogen-bond donors (Lipinski definition) is 1. The predicted molar refractivity (Wildman–Crippen MR) is 38.9 cm³/mol. The van der Waals surface area contributed by atoms with Crippen LogP contribution in [0.25, 0.3) is 0 Å². The molecule has 0 atom stereocenters. The van der Waals surface area contributed by atoms with Crippen LogP contribution in [-0.4, -0.2) is 16.8 Å². The second-order valence-corrected chi connectivity index (χ2v) is 3.47. The third kappa shape index (κ3) is 1.52. The van der Waals surface area contributed by atoms with E-state index >= 15 is 0 Å². The van der Waals surface area contributed by atoms with E-state index < -0.39 is 0 Å². The number of aromatic nitrogens is 2. The average Bonchev–Trinajstić information content (AvgIpc) is 2.13. The van der Waals surface area contributed by atoms with Gasteiger partial charge in [-0.1, -0.05) is 16.0 Å². The summed E-state index contributed by atoms with van der Waals surface area (Å²) in [4.78, 5) is 0. The van der Waals surface area contributed by atoms with Gasteiger partial charge in [-0.2, -0.15) is 0 Å². The van der Waals surface area contributed by atoms with Crippen molar-refractivity contribution < 1.29 is 9.79 Å². The lowest BCUT2D eigenvalue weighted by molar-refractivity contribution is -0.755. The van der Waals surface area contributed by atoms with Crippen molar-refractivity contribution in [2.24, 2.45) is 0 Å². The molecule has 0 radical (unpaired) electrons. The van der Waals surface area contributed by atoms with Crippen LogP contribution in [0.4, 0.5) is 0 Å². The summed E-state index contributed by atoms with van der Waals surface area (Å²) in [5, 5.41) is 15.0. The van der Waals surface area contributed by atoms with Gasteiger partial charge < -0.3 is 5.11 Å². The highest BCUT2D eigenvalue weighted by atomic mass is 32.1. The van der Waals surface area contributed by atoms with Gasteiger partial charge in [0.25, 0.3) is 5.01 Å². The molecule has 1 N–H and O–H groups in total. The minimum atomic E-state index is 0.161. The Bertz CT molecular complexity index is 222. The van der Waals surface area contributed by atoms with E-state index in [0.717, 1.165) is 10.0 Å². The van der Waals surface area contributed by atoms with Gasteiger partial charge in [-0.25, -0.2) is 0 Å².